The van der Waals surface area contributed by atoms with Crippen molar-refractivity contribution < 1.29 is 17.9 Å². The predicted octanol–water partition coefficient (Wildman–Crippen LogP) is 3.72. The van der Waals surface area contributed by atoms with Gasteiger partial charge >= 0.3 is 0 Å². The van der Waals surface area contributed by atoms with Gasteiger partial charge < -0.3 is 5.11 Å². The molecule has 0 aliphatic carbocycles. The average Bonchev–Trinajstić information content (AvgIpc) is 2.68. The standard InChI is InChI=1S/C20H16FNO3S/c21-18-9-5-15(6-10-18)3-4-16-7-11-19(12-8-16)26(24,25)20-17(14-23)2-1-13-22-20/h1-13,23H,14H2. The van der Waals surface area contributed by atoms with Crippen molar-refractivity contribution in [2.24, 2.45) is 0 Å². The summed E-state index contributed by atoms with van der Waals surface area (Å²) < 4.78 is 38.3. The fraction of sp³-hybridized carbons (Fsp3) is 0.0500. The van der Waals surface area contributed by atoms with E-state index >= 15 is 0 Å². The fourth-order valence-electron chi connectivity index (χ4n) is 2.42. The third-order valence-electron chi connectivity index (χ3n) is 3.80. The van der Waals surface area contributed by atoms with Crippen molar-refractivity contribution in [3.8, 4) is 0 Å². The van der Waals surface area contributed by atoms with Gasteiger partial charge in [0.05, 0.1) is 11.5 Å². The van der Waals surface area contributed by atoms with Crippen LogP contribution in [0.4, 0.5) is 4.39 Å². The van der Waals surface area contributed by atoms with E-state index in [1.807, 2.05) is 12.2 Å². The second-order valence-corrected chi connectivity index (χ2v) is 7.45. The van der Waals surface area contributed by atoms with E-state index in [0.29, 0.717) is 0 Å². The van der Waals surface area contributed by atoms with Crippen LogP contribution in [0.3, 0.4) is 0 Å². The van der Waals surface area contributed by atoms with Crippen LogP contribution in [-0.2, 0) is 16.4 Å². The molecule has 0 bridgehead atoms. The quantitative estimate of drug-likeness (QED) is 0.696. The zero-order valence-electron chi connectivity index (χ0n) is 13.7. The van der Waals surface area contributed by atoms with Gasteiger partial charge in [-0.25, -0.2) is 17.8 Å². The number of pyridine rings is 1. The molecule has 0 amide bonds. The summed E-state index contributed by atoms with van der Waals surface area (Å²) in [5.74, 6) is -0.298. The van der Waals surface area contributed by atoms with Crippen LogP contribution in [0.25, 0.3) is 12.2 Å². The van der Waals surface area contributed by atoms with Crippen molar-refractivity contribution >= 4 is 22.0 Å². The lowest BCUT2D eigenvalue weighted by molar-refractivity contribution is 0.277. The molecule has 0 saturated heterocycles. The first-order valence-corrected chi connectivity index (χ1v) is 9.32. The first-order valence-electron chi connectivity index (χ1n) is 7.84. The summed E-state index contributed by atoms with van der Waals surface area (Å²) in [7, 11) is -3.81. The predicted molar refractivity (Wildman–Crippen MR) is 97.4 cm³/mol. The number of hydrogen-bond donors (Lipinski definition) is 1. The zero-order chi connectivity index (χ0) is 18.6. The van der Waals surface area contributed by atoms with Crippen molar-refractivity contribution in [3.63, 3.8) is 0 Å². The van der Waals surface area contributed by atoms with Gasteiger partial charge in [0.25, 0.3) is 0 Å². The van der Waals surface area contributed by atoms with E-state index in [1.54, 1.807) is 30.3 Å². The second kappa shape index (κ2) is 7.59. The van der Waals surface area contributed by atoms with Crippen LogP contribution in [0.15, 0.2) is 76.8 Å². The van der Waals surface area contributed by atoms with Gasteiger partial charge in [-0.05, 0) is 41.5 Å². The maximum atomic E-state index is 12.9. The van der Waals surface area contributed by atoms with Gasteiger partial charge in [-0.2, -0.15) is 0 Å². The molecule has 1 aromatic heterocycles. The van der Waals surface area contributed by atoms with E-state index < -0.39 is 16.4 Å². The summed E-state index contributed by atoms with van der Waals surface area (Å²) >= 11 is 0. The molecule has 0 radical (unpaired) electrons. The van der Waals surface area contributed by atoms with Crippen molar-refractivity contribution in [2.75, 3.05) is 0 Å². The van der Waals surface area contributed by atoms with Crippen LogP contribution >= 0.6 is 0 Å². The normalized spacial score (nSPS) is 11.8. The highest BCUT2D eigenvalue weighted by Crippen LogP contribution is 2.23. The Balaban J connectivity index is 1.86. The largest absolute Gasteiger partial charge is 0.392 e. The molecule has 0 aliphatic heterocycles. The van der Waals surface area contributed by atoms with Crippen LogP contribution in [0.2, 0.25) is 0 Å². The maximum Gasteiger partial charge on any atom is 0.224 e. The van der Waals surface area contributed by atoms with Gasteiger partial charge in [-0.15, -0.1) is 0 Å². The molecule has 0 saturated carbocycles. The molecule has 0 fully saturated rings. The molecular formula is C20H16FNO3S. The monoisotopic (exact) mass is 369 g/mol. The van der Waals surface area contributed by atoms with Crippen LogP contribution in [-0.4, -0.2) is 18.5 Å². The topological polar surface area (TPSA) is 67.3 Å². The summed E-state index contributed by atoms with van der Waals surface area (Å²) in [6.45, 7) is -0.402. The van der Waals surface area contributed by atoms with Crippen LogP contribution in [0.5, 0.6) is 0 Å². The summed E-state index contributed by atoms with van der Waals surface area (Å²) in [6.07, 6.45) is 5.00. The number of aliphatic hydroxyl groups excluding tert-OH is 1. The molecule has 26 heavy (non-hydrogen) atoms. The Morgan fingerprint density at radius 3 is 2.08 bits per heavy atom. The van der Waals surface area contributed by atoms with Gasteiger partial charge in [0.15, 0.2) is 5.03 Å². The zero-order valence-corrected chi connectivity index (χ0v) is 14.5. The first kappa shape index (κ1) is 18.0. The Bertz CT molecular complexity index is 1030. The first-order chi connectivity index (χ1) is 12.5. The van der Waals surface area contributed by atoms with Gasteiger partial charge in [-0.3, -0.25) is 0 Å². The van der Waals surface area contributed by atoms with E-state index in [-0.39, 0.29) is 21.3 Å². The Hall–Kier alpha value is -2.83. The Morgan fingerprint density at radius 2 is 1.50 bits per heavy atom. The number of rotatable bonds is 5. The maximum absolute atomic E-state index is 12.9. The van der Waals surface area contributed by atoms with Crippen molar-refractivity contribution in [1.29, 1.82) is 0 Å². The molecule has 0 unspecified atom stereocenters. The number of aromatic nitrogens is 1. The lowest BCUT2D eigenvalue weighted by Crippen LogP contribution is -2.08. The SMILES string of the molecule is O=S(=O)(c1ccc(C=Cc2ccc(F)cc2)cc1)c1ncccc1CO. The highest BCUT2D eigenvalue weighted by molar-refractivity contribution is 7.91. The number of halogens is 1. The lowest BCUT2D eigenvalue weighted by Gasteiger charge is -2.08. The van der Waals surface area contributed by atoms with Gasteiger partial charge in [0.2, 0.25) is 9.84 Å². The van der Waals surface area contributed by atoms with E-state index in [9.17, 15) is 17.9 Å². The number of aliphatic hydroxyl groups is 1. The molecule has 2 aromatic carbocycles. The van der Waals surface area contributed by atoms with E-state index in [0.717, 1.165) is 11.1 Å². The average molecular weight is 369 g/mol. The minimum atomic E-state index is -3.81. The van der Waals surface area contributed by atoms with Crippen LogP contribution < -0.4 is 0 Å². The molecule has 4 nitrogen and oxygen atoms in total. The highest BCUT2D eigenvalue weighted by atomic mass is 32.2. The Labute approximate surface area is 151 Å². The molecule has 1 heterocycles. The summed E-state index contributed by atoms with van der Waals surface area (Å²) in [4.78, 5) is 4.01. The van der Waals surface area contributed by atoms with Gasteiger partial charge in [0, 0.05) is 11.8 Å². The number of sulfone groups is 1. The van der Waals surface area contributed by atoms with E-state index in [2.05, 4.69) is 4.98 Å². The molecule has 6 heteroatoms. The molecule has 0 spiro atoms. The number of nitrogens with zero attached hydrogens (tertiary/aromatic N) is 1. The third-order valence-corrected chi connectivity index (χ3v) is 5.57. The number of hydrogen-bond acceptors (Lipinski definition) is 4. The Morgan fingerprint density at radius 1 is 0.923 bits per heavy atom. The molecule has 0 atom stereocenters. The molecule has 1 N–H and O–H groups in total. The smallest absolute Gasteiger partial charge is 0.224 e. The molecule has 3 aromatic rings. The second-order valence-electron chi connectivity index (χ2n) is 5.58. The van der Waals surface area contributed by atoms with Crippen LogP contribution in [0.1, 0.15) is 16.7 Å². The molecule has 0 aliphatic rings. The molecular weight excluding hydrogens is 353 g/mol. The lowest BCUT2D eigenvalue weighted by atomic mass is 10.1. The van der Waals surface area contributed by atoms with Crippen molar-refractivity contribution in [3.05, 3.63) is 89.4 Å². The fourth-order valence-corrected chi connectivity index (χ4v) is 3.82. The van der Waals surface area contributed by atoms with Gasteiger partial charge in [0.1, 0.15) is 5.82 Å². The van der Waals surface area contributed by atoms with Crippen molar-refractivity contribution in [2.45, 2.75) is 16.5 Å². The van der Waals surface area contributed by atoms with Crippen LogP contribution in [0, 0.1) is 5.82 Å². The van der Waals surface area contributed by atoms with Gasteiger partial charge in [-0.1, -0.05) is 42.5 Å². The number of benzene rings is 2. The van der Waals surface area contributed by atoms with E-state index in [1.165, 1.54) is 36.5 Å². The summed E-state index contributed by atoms with van der Waals surface area (Å²) in [5.41, 5.74) is 1.90. The highest BCUT2D eigenvalue weighted by Gasteiger charge is 2.22. The molecule has 3 rings (SSSR count). The molecule has 132 valence electrons. The third kappa shape index (κ3) is 3.87. The minimum Gasteiger partial charge on any atom is -0.392 e. The van der Waals surface area contributed by atoms with E-state index in [4.69, 9.17) is 0 Å². The summed E-state index contributed by atoms with van der Waals surface area (Å²) in [6, 6.07) is 15.5. The summed E-state index contributed by atoms with van der Waals surface area (Å²) in [5, 5.41) is 9.19. The minimum absolute atomic E-state index is 0.102. The van der Waals surface area contributed by atoms with Crippen molar-refractivity contribution in [1.82, 2.24) is 4.98 Å². The Kier molecular flexibility index (Phi) is 5.25.